The fourth-order valence-corrected chi connectivity index (χ4v) is 5.00. The molecule has 2 heterocycles. The predicted octanol–water partition coefficient (Wildman–Crippen LogP) is 2.25. The largest absolute Gasteiger partial charge is 0.288 e. The topological polar surface area (TPSA) is 92.3 Å². The number of carbonyl (C=O) groups is 4. The van der Waals surface area contributed by atoms with Crippen molar-refractivity contribution >= 4 is 45.2 Å². The minimum Gasteiger partial charge on any atom is -0.288 e. The van der Waals surface area contributed by atoms with Gasteiger partial charge in [-0.05, 0) is 24.3 Å². The van der Waals surface area contributed by atoms with Crippen LogP contribution >= 0.6 is 21.6 Å². The van der Waals surface area contributed by atoms with Crippen molar-refractivity contribution in [1.82, 2.24) is 10.6 Å². The number of nitrogens with one attached hydrogen (secondary N) is 2. The van der Waals surface area contributed by atoms with E-state index in [9.17, 15) is 19.2 Å². The minimum absolute atomic E-state index is 0.341. The van der Waals surface area contributed by atoms with Gasteiger partial charge in [0.15, 0.2) is 0 Å². The van der Waals surface area contributed by atoms with Gasteiger partial charge in [-0.2, -0.15) is 0 Å². The second kappa shape index (κ2) is 5.50. The van der Waals surface area contributed by atoms with Crippen LogP contribution in [0, 0.1) is 0 Å². The summed E-state index contributed by atoms with van der Waals surface area (Å²) in [7, 11) is 2.53. The van der Waals surface area contributed by atoms with Crippen molar-refractivity contribution < 1.29 is 19.2 Å². The van der Waals surface area contributed by atoms with E-state index in [0.717, 1.165) is 0 Å². The first-order valence-electron chi connectivity index (χ1n) is 6.88. The summed E-state index contributed by atoms with van der Waals surface area (Å²) in [5.74, 6) is -1.67. The monoisotopic (exact) mass is 356 g/mol. The van der Waals surface area contributed by atoms with Crippen LogP contribution in [0.15, 0.2) is 46.2 Å². The average molecular weight is 356 g/mol. The van der Waals surface area contributed by atoms with Crippen molar-refractivity contribution in [3.8, 4) is 0 Å². The maximum absolute atomic E-state index is 11.9. The van der Waals surface area contributed by atoms with E-state index in [-0.39, 0.29) is 0 Å². The minimum atomic E-state index is -0.426. The molecule has 0 aliphatic carbocycles. The zero-order chi connectivity index (χ0) is 16.8. The lowest BCUT2D eigenvalue weighted by Gasteiger charge is -2.07. The summed E-state index contributed by atoms with van der Waals surface area (Å²) in [4.78, 5) is 48.5. The Kier molecular flexibility index (Phi) is 3.43. The van der Waals surface area contributed by atoms with E-state index in [4.69, 9.17) is 0 Å². The first kappa shape index (κ1) is 15.0. The Morgan fingerprint density at radius 3 is 1.42 bits per heavy atom. The molecule has 2 aliphatic rings. The molecule has 0 bridgehead atoms. The van der Waals surface area contributed by atoms with Gasteiger partial charge in [-0.15, -0.1) is 0 Å². The number of fused-ring (bicyclic) bond motifs is 2. The summed E-state index contributed by atoms with van der Waals surface area (Å²) < 4.78 is 0. The first-order valence-corrected chi connectivity index (χ1v) is 9.03. The van der Waals surface area contributed by atoms with Gasteiger partial charge in [-0.25, -0.2) is 0 Å². The highest BCUT2D eigenvalue weighted by atomic mass is 33.1. The molecule has 24 heavy (non-hydrogen) atoms. The van der Waals surface area contributed by atoms with Gasteiger partial charge in [0.1, 0.15) is 0 Å². The summed E-state index contributed by atoms with van der Waals surface area (Å²) in [6.45, 7) is 0. The van der Waals surface area contributed by atoms with Gasteiger partial charge in [0.05, 0.1) is 22.3 Å². The molecule has 0 fully saturated rings. The molecule has 0 radical (unpaired) electrons. The van der Waals surface area contributed by atoms with Gasteiger partial charge in [0.25, 0.3) is 23.6 Å². The molecular formula is C16H8N2O4S2. The summed E-state index contributed by atoms with van der Waals surface area (Å²) >= 11 is 0. The zero-order valence-electron chi connectivity index (χ0n) is 11.9. The molecule has 4 amide bonds. The third-order valence-corrected chi connectivity index (χ3v) is 6.12. The van der Waals surface area contributed by atoms with Gasteiger partial charge >= 0.3 is 0 Å². The molecule has 0 unspecified atom stereocenters. The molecule has 8 heteroatoms. The van der Waals surface area contributed by atoms with Crippen molar-refractivity contribution in [3.05, 3.63) is 58.7 Å². The summed E-state index contributed by atoms with van der Waals surface area (Å²) in [5, 5.41) is 4.53. The van der Waals surface area contributed by atoms with Crippen molar-refractivity contribution in [1.29, 1.82) is 0 Å². The Balaban J connectivity index is 1.67. The SMILES string of the molecule is O=C1NC(=O)c2c(SSc3cccc4c3C(=O)NC4=O)cccc21. The average Bonchev–Trinajstić information content (AvgIpc) is 3.03. The molecule has 0 atom stereocenters. The first-order chi connectivity index (χ1) is 11.6. The number of rotatable bonds is 3. The quantitative estimate of drug-likeness (QED) is 0.647. The van der Waals surface area contributed by atoms with E-state index >= 15 is 0 Å². The molecule has 118 valence electrons. The predicted molar refractivity (Wildman–Crippen MR) is 88.2 cm³/mol. The maximum Gasteiger partial charge on any atom is 0.260 e. The van der Waals surface area contributed by atoms with Gasteiger partial charge in [0, 0.05) is 9.79 Å². The molecule has 2 aromatic rings. The number of carbonyl (C=O) groups excluding carboxylic acids is 4. The Hall–Kier alpha value is -2.58. The van der Waals surface area contributed by atoms with E-state index in [2.05, 4.69) is 10.6 Å². The van der Waals surface area contributed by atoms with Crippen LogP contribution in [0.4, 0.5) is 0 Å². The number of hydrogen-bond acceptors (Lipinski definition) is 6. The number of benzene rings is 2. The van der Waals surface area contributed by atoms with Crippen molar-refractivity contribution in [2.45, 2.75) is 9.79 Å². The van der Waals surface area contributed by atoms with Crippen LogP contribution in [-0.4, -0.2) is 23.6 Å². The highest BCUT2D eigenvalue weighted by Crippen LogP contribution is 2.43. The molecule has 6 nitrogen and oxygen atoms in total. The Bertz CT molecular complexity index is 878. The van der Waals surface area contributed by atoms with Crippen LogP contribution in [0.25, 0.3) is 0 Å². The lowest BCUT2D eigenvalue weighted by molar-refractivity contribution is 0.0862. The Labute approximate surface area is 143 Å². The van der Waals surface area contributed by atoms with E-state index in [1.807, 2.05) is 0 Å². The van der Waals surface area contributed by atoms with E-state index in [1.165, 1.54) is 21.6 Å². The van der Waals surface area contributed by atoms with Crippen molar-refractivity contribution in [2.24, 2.45) is 0 Å². The van der Waals surface area contributed by atoms with Crippen molar-refractivity contribution in [2.75, 3.05) is 0 Å². The number of imide groups is 2. The van der Waals surface area contributed by atoms with Crippen LogP contribution in [-0.2, 0) is 0 Å². The third-order valence-electron chi connectivity index (χ3n) is 3.67. The molecule has 0 saturated carbocycles. The van der Waals surface area contributed by atoms with E-state index in [1.54, 1.807) is 36.4 Å². The highest BCUT2D eigenvalue weighted by Gasteiger charge is 2.31. The molecule has 2 N–H and O–H groups in total. The van der Waals surface area contributed by atoms with Gasteiger partial charge in [-0.3, -0.25) is 29.8 Å². The smallest absolute Gasteiger partial charge is 0.260 e. The summed E-state index contributed by atoms with van der Waals surface area (Å²) in [5.41, 5.74) is 1.37. The normalized spacial score (nSPS) is 15.2. The molecule has 0 saturated heterocycles. The van der Waals surface area contributed by atoms with E-state index < -0.39 is 23.6 Å². The maximum atomic E-state index is 11.9. The molecule has 0 aromatic heterocycles. The zero-order valence-corrected chi connectivity index (χ0v) is 13.5. The number of hydrogen-bond donors (Lipinski definition) is 2. The lowest BCUT2D eigenvalue weighted by atomic mass is 10.1. The molecule has 0 spiro atoms. The second-order valence-electron chi connectivity index (χ2n) is 5.09. The second-order valence-corrected chi connectivity index (χ2v) is 7.30. The molecular weight excluding hydrogens is 348 g/mol. The molecule has 2 aliphatic heterocycles. The van der Waals surface area contributed by atoms with Crippen molar-refractivity contribution in [3.63, 3.8) is 0 Å². The molecule has 4 rings (SSSR count). The van der Waals surface area contributed by atoms with Gasteiger partial charge < -0.3 is 0 Å². The fourth-order valence-electron chi connectivity index (χ4n) is 2.60. The van der Waals surface area contributed by atoms with Crippen LogP contribution in [0.5, 0.6) is 0 Å². The Morgan fingerprint density at radius 1 is 0.583 bits per heavy atom. The van der Waals surface area contributed by atoms with Crippen LogP contribution in [0.1, 0.15) is 41.4 Å². The van der Waals surface area contributed by atoms with Gasteiger partial charge in [-0.1, -0.05) is 33.7 Å². The standard InChI is InChI=1S/C16H8N2O4S2/c19-13-7-3-1-5-9(11(7)15(21)17-13)23-24-10-6-2-4-8-12(10)16(22)18-14(8)20/h1-6H,(H,17,19,21)(H,18,20,22). The summed E-state index contributed by atoms with van der Waals surface area (Å²) in [6, 6.07) is 10.1. The van der Waals surface area contributed by atoms with Crippen LogP contribution in [0.2, 0.25) is 0 Å². The van der Waals surface area contributed by atoms with Crippen LogP contribution in [0.3, 0.4) is 0 Å². The Morgan fingerprint density at radius 2 is 1.00 bits per heavy atom. The highest BCUT2D eigenvalue weighted by molar-refractivity contribution is 8.76. The lowest BCUT2D eigenvalue weighted by Crippen LogP contribution is -2.20. The number of amides is 4. The third kappa shape index (κ3) is 2.22. The van der Waals surface area contributed by atoms with Crippen LogP contribution < -0.4 is 10.6 Å². The molecule has 2 aromatic carbocycles. The van der Waals surface area contributed by atoms with Gasteiger partial charge in [0.2, 0.25) is 0 Å². The van der Waals surface area contributed by atoms with E-state index in [0.29, 0.717) is 32.0 Å². The summed E-state index contributed by atoms with van der Waals surface area (Å²) in [6.07, 6.45) is 0. The fraction of sp³-hybridized carbons (Fsp3) is 0.